The maximum atomic E-state index is 13.0. The summed E-state index contributed by atoms with van der Waals surface area (Å²) in [5.41, 5.74) is 4.62. The molecule has 1 aliphatic heterocycles. The Bertz CT molecular complexity index is 488. The maximum Gasteiger partial charge on any atom is 0.435 e. The SMILES string of the molecule is CNNc1c(C)c(C(F)(F)F)nn1C1CCN(CCO)C1. The van der Waals surface area contributed by atoms with E-state index in [4.69, 9.17) is 5.11 Å². The van der Waals surface area contributed by atoms with Crippen LogP contribution < -0.4 is 10.9 Å². The molecule has 0 amide bonds. The van der Waals surface area contributed by atoms with Gasteiger partial charge in [-0.25, -0.2) is 10.1 Å². The van der Waals surface area contributed by atoms with Crippen molar-refractivity contribution in [2.45, 2.75) is 25.6 Å². The maximum absolute atomic E-state index is 13.0. The van der Waals surface area contributed by atoms with Crippen molar-refractivity contribution in [3.63, 3.8) is 0 Å². The lowest BCUT2D eigenvalue weighted by Crippen LogP contribution is -2.26. The fourth-order valence-corrected chi connectivity index (χ4v) is 2.68. The molecule has 2 heterocycles. The third-order valence-electron chi connectivity index (χ3n) is 3.67. The predicted octanol–water partition coefficient (Wildman–Crippen LogP) is 0.996. The monoisotopic (exact) mass is 307 g/mol. The standard InChI is InChI=1S/C12H20F3N5O/c1-8-10(12(13,14)15)18-20(11(8)17-16-2)9-3-4-19(7-9)5-6-21/h9,16-17,21H,3-7H2,1-2H3. The zero-order valence-corrected chi connectivity index (χ0v) is 12.0. The largest absolute Gasteiger partial charge is 0.435 e. The van der Waals surface area contributed by atoms with Crippen LogP contribution in [-0.4, -0.2) is 53.1 Å². The fraction of sp³-hybridized carbons (Fsp3) is 0.750. The highest BCUT2D eigenvalue weighted by molar-refractivity contribution is 5.47. The normalized spacial score (nSPS) is 20.2. The van der Waals surface area contributed by atoms with Crippen molar-refractivity contribution in [2.24, 2.45) is 0 Å². The average Bonchev–Trinajstić information content (AvgIpc) is 2.96. The molecule has 1 unspecified atom stereocenters. The summed E-state index contributed by atoms with van der Waals surface area (Å²) in [7, 11) is 1.59. The molecule has 0 aromatic carbocycles. The molecule has 2 rings (SSSR count). The van der Waals surface area contributed by atoms with E-state index < -0.39 is 11.9 Å². The van der Waals surface area contributed by atoms with Gasteiger partial charge < -0.3 is 10.5 Å². The molecular formula is C12H20F3N5O. The zero-order valence-electron chi connectivity index (χ0n) is 12.0. The summed E-state index contributed by atoms with van der Waals surface area (Å²) < 4.78 is 40.4. The second-order valence-electron chi connectivity index (χ2n) is 5.11. The highest BCUT2D eigenvalue weighted by atomic mass is 19.4. The lowest BCUT2D eigenvalue weighted by Gasteiger charge is -2.17. The number of alkyl halides is 3. The van der Waals surface area contributed by atoms with Crippen LogP contribution in [-0.2, 0) is 6.18 Å². The van der Waals surface area contributed by atoms with Gasteiger partial charge in [-0.05, 0) is 13.3 Å². The fourth-order valence-electron chi connectivity index (χ4n) is 2.68. The topological polar surface area (TPSA) is 65.4 Å². The second-order valence-corrected chi connectivity index (χ2v) is 5.11. The van der Waals surface area contributed by atoms with Crippen LogP contribution in [0.3, 0.4) is 0 Å². The van der Waals surface area contributed by atoms with Crippen molar-refractivity contribution in [2.75, 3.05) is 38.7 Å². The molecule has 1 saturated heterocycles. The molecule has 6 nitrogen and oxygen atoms in total. The molecule has 0 spiro atoms. The number of rotatable bonds is 5. The second kappa shape index (κ2) is 6.20. The van der Waals surface area contributed by atoms with Gasteiger partial charge in [-0.1, -0.05) is 0 Å². The first-order valence-corrected chi connectivity index (χ1v) is 6.80. The van der Waals surface area contributed by atoms with Gasteiger partial charge in [0.05, 0.1) is 12.6 Å². The number of aliphatic hydroxyl groups is 1. The number of likely N-dealkylation sites (tertiary alicyclic amines) is 1. The summed E-state index contributed by atoms with van der Waals surface area (Å²) in [6, 6.07) is -0.137. The first-order chi connectivity index (χ1) is 9.88. The van der Waals surface area contributed by atoms with E-state index in [1.165, 1.54) is 11.6 Å². The number of nitrogens with one attached hydrogen (secondary N) is 2. The summed E-state index contributed by atoms with van der Waals surface area (Å²) in [4.78, 5) is 2.01. The van der Waals surface area contributed by atoms with Crippen LogP contribution in [0.4, 0.5) is 19.0 Å². The van der Waals surface area contributed by atoms with Crippen molar-refractivity contribution >= 4 is 5.82 Å². The summed E-state index contributed by atoms with van der Waals surface area (Å²) in [5, 5.41) is 12.7. The van der Waals surface area contributed by atoms with Crippen molar-refractivity contribution in [1.82, 2.24) is 20.1 Å². The number of aromatic nitrogens is 2. The summed E-state index contributed by atoms with van der Waals surface area (Å²) in [6.45, 7) is 3.30. The highest BCUT2D eigenvalue weighted by Crippen LogP contribution is 2.36. The van der Waals surface area contributed by atoms with E-state index in [0.717, 1.165) is 6.54 Å². The number of hydrogen-bond acceptors (Lipinski definition) is 5. The highest BCUT2D eigenvalue weighted by Gasteiger charge is 2.39. The molecule has 1 aromatic rings. The summed E-state index contributed by atoms with van der Waals surface area (Å²) in [6.07, 6.45) is -3.76. The molecule has 120 valence electrons. The minimum Gasteiger partial charge on any atom is -0.395 e. The molecule has 1 fully saturated rings. The van der Waals surface area contributed by atoms with Gasteiger partial charge >= 0.3 is 6.18 Å². The molecule has 1 aromatic heterocycles. The van der Waals surface area contributed by atoms with E-state index in [-0.39, 0.29) is 18.2 Å². The Kier molecular flexibility index (Phi) is 4.74. The van der Waals surface area contributed by atoms with Crippen molar-refractivity contribution in [3.8, 4) is 0 Å². The van der Waals surface area contributed by atoms with Crippen LogP contribution in [0.1, 0.15) is 23.7 Å². The van der Waals surface area contributed by atoms with Gasteiger partial charge in [0.2, 0.25) is 0 Å². The molecule has 21 heavy (non-hydrogen) atoms. The smallest absolute Gasteiger partial charge is 0.395 e. The van der Waals surface area contributed by atoms with E-state index >= 15 is 0 Å². The van der Waals surface area contributed by atoms with Gasteiger partial charge in [0.1, 0.15) is 5.82 Å². The number of hydrogen-bond donors (Lipinski definition) is 3. The molecular weight excluding hydrogens is 287 g/mol. The number of anilines is 1. The van der Waals surface area contributed by atoms with Gasteiger partial charge in [0, 0.05) is 32.2 Å². The Morgan fingerprint density at radius 1 is 1.43 bits per heavy atom. The Morgan fingerprint density at radius 2 is 2.14 bits per heavy atom. The van der Waals surface area contributed by atoms with Gasteiger partial charge in [0.25, 0.3) is 0 Å². The van der Waals surface area contributed by atoms with Crippen LogP contribution in [0.15, 0.2) is 0 Å². The van der Waals surface area contributed by atoms with E-state index in [1.54, 1.807) is 7.05 Å². The number of hydrazine groups is 1. The Hall–Kier alpha value is -1.32. The number of nitrogens with zero attached hydrogens (tertiary/aromatic N) is 3. The molecule has 0 saturated carbocycles. The van der Waals surface area contributed by atoms with Crippen LogP contribution in [0, 0.1) is 6.92 Å². The average molecular weight is 307 g/mol. The molecule has 1 atom stereocenters. The van der Waals surface area contributed by atoms with Crippen LogP contribution in [0.5, 0.6) is 0 Å². The lowest BCUT2D eigenvalue weighted by molar-refractivity contribution is -0.142. The van der Waals surface area contributed by atoms with E-state index in [9.17, 15) is 13.2 Å². The number of halogens is 3. The van der Waals surface area contributed by atoms with Gasteiger partial charge in [-0.3, -0.25) is 4.90 Å². The van der Waals surface area contributed by atoms with Crippen molar-refractivity contribution in [3.05, 3.63) is 11.3 Å². The minimum absolute atomic E-state index is 0.0419. The Balaban J connectivity index is 2.30. The molecule has 0 radical (unpaired) electrons. The summed E-state index contributed by atoms with van der Waals surface area (Å²) in [5.74, 6) is 0.334. The van der Waals surface area contributed by atoms with E-state index in [2.05, 4.69) is 16.0 Å². The number of β-amino-alcohol motifs (C(OH)–C–C–N with tert-alkyl or cyclic N) is 1. The first-order valence-electron chi connectivity index (χ1n) is 6.80. The lowest BCUT2D eigenvalue weighted by atomic mass is 10.2. The predicted molar refractivity (Wildman–Crippen MR) is 71.8 cm³/mol. The minimum atomic E-state index is -4.47. The molecule has 3 N–H and O–H groups in total. The third kappa shape index (κ3) is 3.30. The van der Waals surface area contributed by atoms with E-state index in [1.807, 2.05) is 4.90 Å². The van der Waals surface area contributed by atoms with Gasteiger partial charge in [-0.15, -0.1) is 0 Å². The molecule has 0 aliphatic carbocycles. The number of aliphatic hydroxyl groups excluding tert-OH is 1. The Labute approximate surface area is 120 Å². The first kappa shape index (κ1) is 16.1. The van der Waals surface area contributed by atoms with E-state index in [0.29, 0.717) is 25.3 Å². The van der Waals surface area contributed by atoms with Crippen LogP contribution in [0.2, 0.25) is 0 Å². The van der Waals surface area contributed by atoms with Crippen molar-refractivity contribution < 1.29 is 18.3 Å². The Morgan fingerprint density at radius 3 is 2.71 bits per heavy atom. The molecule has 0 bridgehead atoms. The quantitative estimate of drug-likeness (QED) is 0.708. The summed E-state index contributed by atoms with van der Waals surface area (Å²) >= 11 is 0. The molecule has 1 aliphatic rings. The van der Waals surface area contributed by atoms with Crippen LogP contribution >= 0.6 is 0 Å². The van der Waals surface area contributed by atoms with Crippen LogP contribution in [0.25, 0.3) is 0 Å². The van der Waals surface area contributed by atoms with Gasteiger partial charge in [-0.2, -0.15) is 18.3 Å². The van der Waals surface area contributed by atoms with Crippen molar-refractivity contribution in [1.29, 1.82) is 0 Å². The van der Waals surface area contributed by atoms with Gasteiger partial charge in [0.15, 0.2) is 5.69 Å². The third-order valence-corrected chi connectivity index (χ3v) is 3.67. The molecule has 9 heteroatoms. The zero-order chi connectivity index (χ0) is 15.6.